The number of amides is 2. The second-order valence-electron chi connectivity index (χ2n) is 19.9. The Labute approximate surface area is 410 Å². The Morgan fingerprint density at radius 1 is 0.900 bits per heavy atom. The first kappa shape index (κ1) is 48.3. The number of para-hydroxylation sites is 1. The fraction of sp³-hybridized carbons (Fsp3) is 0.481. The van der Waals surface area contributed by atoms with Gasteiger partial charge in [-0.1, -0.05) is 73.7 Å². The molecule has 4 fully saturated rings. The van der Waals surface area contributed by atoms with E-state index >= 15 is 0 Å². The van der Waals surface area contributed by atoms with Gasteiger partial charge in [0.15, 0.2) is 11.6 Å². The standard InChI is InChI=1S/C36H51N7O4.C18H16N4O/c1-24(2)34(32-22-33(39-47-32)42-20-12-26(13-21-42)23-41-18-14-29(44)15-19-41)36(46)43-17-5-6-31(43)35(45)38-25(3)27-7-9-28(10-8-27)30-11-16-37-40(30)4;19-17-13(9-8-12-4-3-5-12)10-22-11-15(20-18(22)21-17)14-6-1-2-7-16(14)23/h7-11,16,22,24-26,29,31,34,44H,5-6,12-15,17-21,23H2,1-4H3,(H,38,45);1-2,6-7,10-12,23H,3-5H2,(H2,19,20,21). The van der Waals surface area contributed by atoms with E-state index in [0.717, 1.165) is 87.5 Å². The second-order valence-corrected chi connectivity index (χ2v) is 19.9. The Kier molecular flexibility index (Phi) is 14.9. The van der Waals surface area contributed by atoms with Crippen LogP contribution in [0.5, 0.6) is 5.75 Å². The Morgan fingerprint density at radius 2 is 1.66 bits per heavy atom. The predicted molar refractivity (Wildman–Crippen MR) is 269 cm³/mol. The zero-order valence-corrected chi connectivity index (χ0v) is 40.9. The molecule has 0 radical (unpaired) electrons. The Morgan fingerprint density at radius 3 is 2.34 bits per heavy atom. The van der Waals surface area contributed by atoms with Crippen molar-refractivity contribution in [2.45, 2.75) is 103 Å². The largest absolute Gasteiger partial charge is 0.507 e. The molecule has 6 aromatic rings. The molecule has 2 aromatic carbocycles. The number of aromatic nitrogens is 6. The molecule has 3 aliphatic heterocycles. The van der Waals surface area contributed by atoms with Crippen LogP contribution in [-0.4, -0.2) is 113 Å². The van der Waals surface area contributed by atoms with Crippen LogP contribution >= 0.6 is 0 Å². The van der Waals surface area contributed by atoms with Crippen molar-refractivity contribution in [1.29, 1.82) is 0 Å². The van der Waals surface area contributed by atoms with Crippen LogP contribution in [0.25, 0.3) is 28.3 Å². The SMILES string of the molecule is CC(NC(=O)C1CCCN1C(=O)C(c1cc(N2CCC(CN3CCC(O)CC3)CC2)no1)C(C)C)c1ccc(-c2ccnn2C)cc1.Nc1nc2nc(-c3ccccc3O)cn2cc1C#CC1CCC1. The first-order valence-corrected chi connectivity index (χ1v) is 25.1. The van der Waals surface area contributed by atoms with Crippen molar-refractivity contribution in [3.05, 3.63) is 96.1 Å². The molecule has 7 heterocycles. The van der Waals surface area contributed by atoms with Gasteiger partial charge in [-0.05, 0) is 99.5 Å². The highest BCUT2D eigenvalue weighted by Crippen LogP contribution is 2.35. The molecule has 1 aliphatic carbocycles. The summed E-state index contributed by atoms with van der Waals surface area (Å²) in [5, 5.41) is 31.6. The molecule has 10 rings (SSSR count). The van der Waals surface area contributed by atoms with Gasteiger partial charge in [0, 0.05) is 82.5 Å². The molecule has 5 N–H and O–H groups in total. The topological polar surface area (TPSA) is 196 Å². The summed E-state index contributed by atoms with van der Waals surface area (Å²) in [7, 11) is 1.92. The number of aliphatic hydroxyl groups is 1. The zero-order valence-electron chi connectivity index (χ0n) is 40.9. The summed E-state index contributed by atoms with van der Waals surface area (Å²) in [5.74, 6) is 9.23. The van der Waals surface area contributed by atoms with E-state index in [9.17, 15) is 19.8 Å². The zero-order chi connectivity index (χ0) is 48.9. The number of hydrogen-bond donors (Lipinski definition) is 4. The van der Waals surface area contributed by atoms with Gasteiger partial charge in [0.05, 0.1) is 29.1 Å². The van der Waals surface area contributed by atoms with Crippen LogP contribution in [0.2, 0.25) is 0 Å². The summed E-state index contributed by atoms with van der Waals surface area (Å²) >= 11 is 0. The molecule has 3 atom stereocenters. The molecular weight excluding hydrogens is 883 g/mol. The number of rotatable bonds is 11. The van der Waals surface area contributed by atoms with E-state index in [4.69, 9.17) is 10.3 Å². The molecule has 0 spiro atoms. The molecule has 70 heavy (non-hydrogen) atoms. The summed E-state index contributed by atoms with van der Waals surface area (Å²) in [5.41, 5.74) is 11.1. The lowest BCUT2D eigenvalue weighted by atomic mass is 9.86. The number of aryl methyl sites for hydroxylation is 1. The van der Waals surface area contributed by atoms with E-state index in [1.807, 2.05) is 93.4 Å². The van der Waals surface area contributed by atoms with Gasteiger partial charge in [-0.2, -0.15) is 10.1 Å². The number of aromatic hydroxyl groups is 1. The number of nitrogens with two attached hydrogens (primary N) is 1. The maximum absolute atomic E-state index is 14.1. The number of carbonyl (C=O) groups is 2. The number of phenolic OH excluding ortho intramolecular Hbond substituents is 1. The number of nitrogen functional groups attached to an aromatic ring is 1. The molecule has 4 aromatic heterocycles. The van der Waals surface area contributed by atoms with Crippen LogP contribution in [0, 0.1) is 29.6 Å². The number of nitrogens with zero attached hydrogens (tertiary/aromatic N) is 9. The normalized spacial score (nSPS) is 19.0. The van der Waals surface area contributed by atoms with Crippen molar-refractivity contribution < 1.29 is 24.3 Å². The minimum absolute atomic E-state index is 0.0155. The molecule has 2 amide bonds. The number of fused-ring (bicyclic) bond motifs is 1. The molecule has 3 unspecified atom stereocenters. The molecule has 0 bridgehead atoms. The number of anilines is 2. The number of likely N-dealkylation sites (tertiary alicyclic amines) is 2. The number of piperidine rings is 2. The monoisotopic (exact) mass is 950 g/mol. The molecule has 16 heteroatoms. The summed E-state index contributed by atoms with van der Waals surface area (Å²) < 4.78 is 9.50. The van der Waals surface area contributed by atoms with E-state index in [1.54, 1.807) is 27.6 Å². The van der Waals surface area contributed by atoms with Gasteiger partial charge in [-0.25, -0.2) is 4.98 Å². The van der Waals surface area contributed by atoms with Crippen LogP contribution in [0.15, 0.2) is 83.8 Å². The summed E-state index contributed by atoms with van der Waals surface area (Å²) in [4.78, 5) is 42.9. The summed E-state index contributed by atoms with van der Waals surface area (Å²) in [6.07, 6.45) is 14.3. The Hall–Kier alpha value is -6.70. The van der Waals surface area contributed by atoms with Crippen molar-refractivity contribution in [3.63, 3.8) is 0 Å². The van der Waals surface area contributed by atoms with Crippen molar-refractivity contribution in [3.8, 4) is 40.1 Å². The van der Waals surface area contributed by atoms with E-state index in [0.29, 0.717) is 59.0 Å². The van der Waals surface area contributed by atoms with E-state index in [-0.39, 0.29) is 35.6 Å². The Balaban J connectivity index is 0.000000219. The van der Waals surface area contributed by atoms with E-state index < -0.39 is 12.0 Å². The van der Waals surface area contributed by atoms with E-state index in [1.165, 1.54) is 19.3 Å². The predicted octanol–water partition coefficient (Wildman–Crippen LogP) is 7.19. The molecule has 1 saturated carbocycles. The van der Waals surface area contributed by atoms with Gasteiger partial charge in [0.25, 0.3) is 0 Å². The minimum Gasteiger partial charge on any atom is -0.507 e. The number of hydrogen-bond acceptors (Lipinski definition) is 12. The van der Waals surface area contributed by atoms with Gasteiger partial charge < -0.3 is 40.5 Å². The number of phenols is 1. The molecular formula is C54H67N11O5. The highest BCUT2D eigenvalue weighted by atomic mass is 16.5. The third kappa shape index (κ3) is 11.0. The third-order valence-corrected chi connectivity index (χ3v) is 14.7. The van der Waals surface area contributed by atoms with Gasteiger partial charge >= 0.3 is 0 Å². The van der Waals surface area contributed by atoms with Crippen LogP contribution in [0.3, 0.4) is 0 Å². The lowest BCUT2D eigenvalue weighted by Gasteiger charge is -2.36. The maximum atomic E-state index is 14.1. The number of carbonyl (C=O) groups excluding carboxylic acids is 2. The second kappa shape index (κ2) is 21.5. The fourth-order valence-electron chi connectivity index (χ4n) is 10.2. The highest BCUT2D eigenvalue weighted by molar-refractivity contribution is 5.91. The summed E-state index contributed by atoms with van der Waals surface area (Å²) in [6, 6.07) is 18.5. The first-order chi connectivity index (χ1) is 33.9. The molecule has 16 nitrogen and oxygen atoms in total. The van der Waals surface area contributed by atoms with Gasteiger partial charge in [-0.15, -0.1) is 0 Å². The third-order valence-electron chi connectivity index (χ3n) is 14.7. The first-order valence-electron chi connectivity index (χ1n) is 25.1. The average molecular weight is 950 g/mol. The van der Waals surface area contributed by atoms with Crippen molar-refractivity contribution >= 4 is 29.2 Å². The summed E-state index contributed by atoms with van der Waals surface area (Å²) in [6.45, 7) is 11.5. The van der Waals surface area contributed by atoms with Crippen LogP contribution < -0.4 is 16.0 Å². The molecule has 4 aliphatic rings. The van der Waals surface area contributed by atoms with E-state index in [2.05, 4.69) is 47.2 Å². The van der Waals surface area contributed by atoms with Gasteiger partial charge in [0.2, 0.25) is 17.6 Å². The lowest BCUT2D eigenvalue weighted by molar-refractivity contribution is -0.141. The highest BCUT2D eigenvalue weighted by Gasteiger charge is 2.41. The smallest absolute Gasteiger partial charge is 0.243 e. The number of imidazole rings is 1. The van der Waals surface area contributed by atoms with Crippen molar-refractivity contribution in [1.82, 2.24) is 44.4 Å². The lowest BCUT2D eigenvalue weighted by Crippen LogP contribution is -2.48. The number of nitrogens with one attached hydrogen (secondary N) is 1. The van der Waals surface area contributed by atoms with Crippen LogP contribution in [0.4, 0.5) is 11.6 Å². The quantitative estimate of drug-likeness (QED) is 0.0956. The van der Waals surface area contributed by atoms with Gasteiger partial charge in [0.1, 0.15) is 23.5 Å². The van der Waals surface area contributed by atoms with Crippen LogP contribution in [-0.2, 0) is 16.6 Å². The fourth-order valence-corrected chi connectivity index (χ4v) is 10.2. The Bertz CT molecular complexity index is 2800. The molecule has 368 valence electrons. The minimum atomic E-state index is -0.510. The van der Waals surface area contributed by atoms with Crippen LogP contribution in [0.1, 0.15) is 107 Å². The number of aliphatic hydroxyl groups excluding tert-OH is 1. The maximum Gasteiger partial charge on any atom is 0.243 e. The average Bonchev–Trinajstić information content (AvgIpc) is 4.18. The van der Waals surface area contributed by atoms with Crippen molar-refractivity contribution in [2.24, 2.45) is 24.8 Å². The number of benzene rings is 2. The molecule has 3 saturated heterocycles. The van der Waals surface area contributed by atoms with Gasteiger partial charge in [-0.3, -0.25) is 18.7 Å². The van der Waals surface area contributed by atoms with Crippen molar-refractivity contribution in [2.75, 3.05) is 49.9 Å².